The molecule has 0 saturated carbocycles. The van der Waals surface area contributed by atoms with Gasteiger partial charge in [0.2, 0.25) is 5.91 Å². The first-order valence-corrected chi connectivity index (χ1v) is 8.18. The van der Waals surface area contributed by atoms with Crippen LogP contribution in [0.15, 0.2) is 30.3 Å². The first-order valence-electron chi connectivity index (χ1n) is 8.18. The van der Waals surface area contributed by atoms with E-state index in [0.29, 0.717) is 18.7 Å². The molecule has 1 aromatic heterocycles. The number of carbonyl (C=O) groups is 2. The molecular weight excluding hydrogens is 304 g/mol. The van der Waals surface area contributed by atoms with Gasteiger partial charge in [0.15, 0.2) is 0 Å². The van der Waals surface area contributed by atoms with Gasteiger partial charge in [-0.3, -0.25) is 9.59 Å². The Labute approximate surface area is 141 Å². The molecule has 1 aliphatic heterocycles. The second-order valence-electron chi connectivity index (χ2n) is 6.38. The summed E-state index contributed by atoms with van der Waals surface area (Å²) >= 11 is 0. The highest BCUT2D eigenvalue weighted by Gasteiger charge is 2.27. The highest BCUT2D eigenvalue weighted by molar-refractivity contribution is 5.94. The Hall–Kier alpha value is -2.63. The van der Waals surface area contributed by atoms with Gasteiger partial charge in [0.1, 0.15) is 0 Å². The van der Waals surface area contributed by atoms with Crippen LogP contribution in [0.4, 0.5) is 0 Å². The fourth-order valence-electron chi connectivity index (χ4n) is 3.21. The molecule has 0 radical (unpaired) electrons. The number of nitrogens with two attached hydrogens (primary N) is 1. The van der Waals surface area contributed by atoms with Crippen LogP contribution in [0.25, 0.3) is 5.69 Å². The van der Waals surface area contributed by atoms with Crippen molar-refractivity contribution in [3.8, 4) is 5.69 Å². The number of piperidine rings is 1. The normalized spacial score (nSPS) is 17.8. The van der Waals surface area contributed by atoms with E-state index >= 15 is 0 Å². The fraction of sp³-hybridized carbons (Fsp3) is 0.389. The van der Waals surface area contributed by atoms with Crippen LogP contribution in [0.3, 0.4) is 0 Å². The number of nitrogens with zero attached hydrogens (tertiary/aromatic N) is 3. The minimum atomic E-state index is -0.327. The summed E-state index contributed by atoms with van der Waals surface area (Å²) in [6.07, 6.45) is 1.57. The standard InChI is InChI=1S/C18H22N4O2/c1-12-10-13(2)22(20-12)16-7-5-14(6-8-16)18(24)21-9-3-4-15(11-21)17(19)23/h5-8,10,15H,3-4,9,11H2,1-2H3,(H2,19,23). The number of likely N-dealkylation sites (tertiary alicyclic amines) is 1. The van der Waals surface area contributed by atoms with Gasteiger partial charge in [-0.1, -0.05) is 0 Å². The van der Waals surface area contributed by atoms with Crippen LogP contribution in [0.5, 0.6) is 0 Å². The lowest BCUT2D eigenvalue weighted by Crippen LogP contribution is -2.44. The van der Waals surface area contributed by atoms with E-state index < -0.39 is 0 Å². The van der Waals surface area contributed by atoms with Crippen LogP contribution in [-0.2, 0) is 4.79 Å². The van der Waals surface area contributed by atoms with Crippen molar-refractivity contribution < 1.29 is 9.59 Å². The van der Waals surface area contributed by atoms with Crippen molar-refractivity contribution in [2.75, 3.05) is 13.1 Å². The molecule has 126 valence electrons. The molecule has 2 heterocycles. The summed E-state index contributed by atoms with van der Waals surface area (Å²) in [5.41, 5.74) is 8.93. The van der Waals surface area contributed by atoms with Crippen LogP contribution in [-0.4, -0.2) is 39.6 Å². The van der Waals surface area contributed by atoms with Crippen molar-refractivity contribution in [2.45, 2.75) is 26.7 Å². The van der Waals surface area contributed by atoms with Crippen molar-refractivity contribution in [3.63, 3.8) is 0 Å². The zero-order valence-corrected chi connectivity index (χ0v) is 14.0. The summed E-state index contributed by atoms with van der Waals surface area (Å²) < 4.78 is 1.85. The van der Waals surface area contributed by atoms with Crippen molar-refractivity contribution in [1.82, 2.24) is 14.7 Å². The summed E-state index contributed by atoms with van der Waals surface area (Å²) in [6, 6.07) is 9.41. The van der Waals surface area contributed by atoms with E-state index in [0.717, 1.165) is 29.9 Å². The topological polar surface area (TPSA) is 81.2 Å². The molecule has 1 aromatic carbocycles. The Bertz CT molecular complexity index is 764. The second-order valence-corrected chi connectivity index (χ2v) is 6.38. The molecule has 1 aliphatic rings. The summed E-state index contributed by atoms with van der Waals surface area (Å²) in [5, 5.41) is 4.44. The third kappa shape index (κ3) is 3.18. The van der Waals surface area contributed by atoms with Crippen LogP contribution >= 0.6 is 0 Å². The lowest BCUT2D eigenvalue weighted by Gasteiger charge is -2.31. The Balaban J connectivity index is 1.76. The maximum Gasteiger partial charge on any atom is 0.253 e. The van der Waals surface area contributed by atoms with Crippen LogP contribution in [0, 0.1) is 19.8 Å². The van der Waals surface area contributed by atoms with Gasteiger partial charge in [-0.05, 0) is 57.0 Å². The van der Waals surface area contributed by atoms with Gasteiger partial charge >= 0.3 is 0 Å². The van der Waals surface area contributed by atoms with Crippen LogP contribution in [0.2, 0.25) is 0 Å². The lowest BCUT2D eigenvalue weighted by atomic mass is 9.97. The summed E-state index contributed by atoms with van der Waals surface area (Å²) in [6.45, 7) is 5.03. The number of rotatable bonds is 3. The monoisotopic (exact) mass is 326 g/mol. The number of amides is 2. The Kier molecular flexibility index (Phi) is 4.38. The highest BCUT2D eigenvalue weighted by Crippen LogP contribution is 2.19. The molecule has 0 bridgehead atoms. The number of carbonyl (C=O) groups excluding carboxylic acids is 2. The molecule has 2 amide bonds. The molecular formula is C18H22N4O2. The minimum Gasteiger partial charge on any atom is -0.369 e. The minimum absolute atomic E-state index is 0.0548. The average molecular weight is 326 g/mol. The number of hydrogen-bond acceptors (Lipinski definition) is 3. The molecule has 3 rings (SSSR count). The number of aryl methyl sites for hydroxylation is 2. The first-order chi connectivity index (χ1) is 11.5. The Morgan fingerprint density at radius 3 is 2.50 bits per heavy atom. The SMILES string of the molecule is Cc1cc(C)n(-c2ccc(C(=O)N3CCCC(C(N)=O)C3)cc2)n1. The largest absolute Gasteiger partial charge is 0.369 e. The first kappa shape index (κ1) is 16.2. The molecule has 1 unspecified atom stereocenters. The van der Waals surface area contributed by atoms with Gasteiger partial charge in [-0.2, -0.15) is 5.10 Å². The van der Waals surface area contributed by atoms with Crippen molar-refractivity contribution >= 4 is 11.8 Å². The molecule has 24 heavy (non-hydrogen) atoms. The Morgan fingerprint density at radius 2 is 1.92 bits per heavy atom. The number of hydrogen-bond donors (Lipinski definition) is 1. The van der Waals surface area contributed by atoms with Gasteiger partial charge in [0, 0.05) is 24.3 Å². The average Bonchev–Trinajstić information content (AvgIpc) is 2.93. The number of benzene rings is 1. The van der Waals surface area contributed by atoms with Gasteiger partial charge in [-0.25, -0.2) is 4.68 Å². The zero-order chi connectivity index (χ0) is 17.3. The third-order valence-corrected chi connectivity index (χ3v) is 4.48. The molecule has 2 aromatic rings. The highest BCUT2D eigenvalue weighted by atomic mass is 16.2. The van der Waals surface area contributed by atoms with Crippen molar-refractivity contribution in [3.05, 3.63) is 47.3 Å². The van der Waals surface area contributed by atoms with E-state index in [1.807, 2.05) is 48.9 Å². The summed E-state index contributed by atoms with van der Waals surface area (Å²) in [7, 11) is 0. The van der Waals surface area contributed by atoms with Gasteiger partial charge in [0.25, 0.3) is 5.91 Å². The third-order valence-electron chi connectivity index (χ3n) is 4.48. The maximum atomic E-state index is 12.6. The van der Waals surface area contributed by atoms with Crippen LogP contribution < -0.4 is 5.73 Å². The molecule has 6 nitrogen and oxygen atoms in total. The lowest BCUT2D eigenvalue weighted by molar-refractivity contribution is -0.123. The van der Waals surface area contributed by atoms with Gasteiger partial charge in [0.05, 0.1) is 17.3 Å². The number of aromatic nitrogens is 2. The molecule has 0 aliphatic carbocycles. The predicted octanol–water partition coefficient (Wildman–Crippen LogP) is 1.83. The van der Waals surface area contributed by atoms with E-state index in [1.54, 1.807) is 4.90 Å². The van der Waals surface area contributed by atoms with E-state index in [-0.39, 0.29) is 17.7 Å². The maximum absolute atomic E-state index is 12.6. The predicted molar refractivity (Wildman–Crippen MR) is 90.9 cm³/mol. The number of primary amides is 1. The molecule has 2 N–H and O–H groups in total. The van der Waals surface area contributed by atoms with Gasteiger partial charge in [-0.15, -0.1) is 0 Å². The fourth-order valence-corrected chi connectivity index (χ4v) is 3.21. The van der Waals surface area contributed by atoms with E-state index in [9.17, 15) is 9.59 Å². The Morgan fingerprint density at radius 1 is 1.21 bits per heavy atom. The smallest absolute Gasteiger partial charge is 0.253 e. The zero-order valence-electron chi connectivity index (χ0n) is 14.0. The van der Waals surface area contributed by atoms with E-state index in [4.69, 9.17) is 5.73 Å². The van der Waals surface area contributed by atoms with Crippen LogP contribution in [0.1, 0.15) is 34.6 Å². The molecule has 1 saturated heterocycles. The van der Waals surface area contributed by atoms with Gasteiger partial charge < -0.3 is 10.6 Å². The summed E-state index contributed by atoms with van der Waals surface area (Å²) in [4.78, 5) is 25.7. The quantitative estimate of drug-likeness (QED) is 0.934. The second kappa shape index (κ2) is 6.47. The molecule has 6 heteroatoms. The van der Waals surface area contributed by atoms with E-state index in [1.165, 1.54) is 0 Å². The van der Waals surface area contributed by atoms with Crippen molar-refractivity contribution in [1.29, 1.82) is 0 Å². The summed E-state index contributed by atoms with van der Waals surface area (Å²) in [5.74, 6) is -0.620. The van der Waals surface area contributed by atoms with E-state index in [2.05, 4.69) is 5.10 Å². The van der Waals surface area contributed by atoms with Crippen molar-refractivity contribution in [2.24, 2.45) is 11.7 Å². The molecule has 0 spiro atoms. The molecule has 1 atom stereocenters. The molecule has 1 fully saturated rings.